The molecule has 3 nitrogen and oxygen atoms in total. The lowest BCUT2D eigenvalue weighted by molar-refractivity contribution is -0.118. The average molecular weight is 308 g/mol. The van der Waals surface area contributed by atoms with Gasteiger partial charge in [-0.3, -0.25) is 4.79 Å². The number of anilines is 2. The van der Waals surface area contributed by atoms with Crippen molar-refractivity contribution in [1.29, 1.82) is 0 Å². The molecule has 2 aromatic rings. The van der Waals surface area contributed by atoms with Crippen LogP contribution in [0.3, 0.4) is 0 Å². The van der Waals surface area contributed by atoms with E-state index in [0.29, 0.717) is 6.42 Å². The van der Waals surface area contributed by atoms with Gasteiger partial charge in [-0.15, -0.1) is 0 Å². The lowest BCUT2D eigenvalue weighted by Crippen LogP contribution is -2.44. The van der Waals surface area contributed by atoms with E-state index in [-0.39, 0.29) is 18.0 Å². The molecule has 0 bridgehead atoms. The Kier molecular flexibility index (Phi) is 4.37. The average Bonchev–Trinajstić information content (AvgIpc) is 2.54. The number of aryl methyl sites for hydroxylation is 1. The number of carbonyl (C=O) groups excluding carboxylic acids is 1. The molecule has 0 fully saturated rings. The zero-order valence-electron chi connectivity index (χ0n) is 14.0. The Labute approximate surface area is 138 Å². The minimum Gasteiger partial charge on any atom is -0.378 e. The number of benzene rings is 2. The van der Waals surface area contributed by atoms with Crippen LogP contribution in [-0.2, 0) is 4.79 Å². The third-order valence-corrected chi connectivity index (χ3v) is 4.52. The predicted molar refractivity (Wildman–Crippen MR) is 95.8 cm³/mol. The van der Waals surface area contributed by atoms with Gasteiger partial charge in [-0.2, -0.15) is 0 Å². The first-order chi connectivity index (χ1) is 11.1. The minimum absolute atomic E-state index is 0.193. The highest BCUT2D eigenvalue weighted by atomic mass is 16.2. The summed E-state index contributed by atoms with van der Waals surface area (Å²) in [4.78, 5) is 14.3. The van der Waals surface area contributed by atoms with E-state index in [1.165, 1.54) is 11.1 Å². The Hall–Kier alpha value is -2.29. The van der Waals surface area contributed by atoms with Crippen LogP contribution in [0.5, 0.6) is 0 Å². The lowest BCUT2D eigenvalue weighted by Gasteiger charge is -2.40. The molecule has 2 aromatic carbocycles. The number of carbonyl (C=O) groups is 1. The van der Waals surface area contributed by atoms with Crippen LogP contribution in [0, 0.1) is 6.92 Å². The molecule has 1 heterocycles. The van der Waals surface area contributed by atoms with Crippen molar-refractivity contribution >= 4 is 17.3 Å². The maximum Gasteiger partial charge on any atom is 0.226 e. The number of amides is 1. The second-order valence-electron chi connectivity index (χ2n) is 6.33. The third kappa shape index (κ3) is 3.09. The molecule has 1 aliphatic rings. The fourth-order valence-electron chi connectivity index (χ4n) is 3.44. The van der Waals surface area contributed by atoms with E-state index in [2.05, 4.69) is 55.6 Å². The van der Waals surface area contributed by atoms with Crippen molar-refractivity contribution in [2.24, 2.45) is 0 Å². The van der Waals surface area contributed by atoms with E-state index in [1.54, 1.807) is 0 Å². The number of nitrogens with one attached hydrogen (secondary N) is 1. The second kappa shape index (κ2) is 6.45. The first-order valence-electron chi connectivity index (χ1n) is 8.34. The molecule has 0 aliphatic carbocycles. The molecule has 0 radical (unpaired) electrons. The summed E-state index contributed by atoms with van der Waals surface area (Å²) < 4.78 is 0. The number of rotatable bonds is 3. The zero-order valence-corrected chi connectivity index (χ0v) is 14.0. The molecule has 120 valence electrons. The monoisotopic (exact) mass is 308 g/mol. The third-order valence-electron chi connectivity index (χ3n) is 4.52. The Balaban J connectivity index is 1.95. The van der Waals surface area contributed by atoms with Gasteiger partial charge in [0, 0.05) is 23.8 Å². The molecule has 1 aliphatic heterocycles. The molecule has 2 atom stereocenters. The maximum atomic E-state index is 12.4. The first kappa shape index (κ1) is 15.6. The van der Waals surface area contributed by atoms with E-state index < -0.39 is 0 Å². The van der Waals surface area contributed by atoms with Gasteiger partial charge in [-0.1, -0.05) is 37.3 Å². The summed E-state index contributed by atoms with van der Waals surface area (Å²) in [6, 6.07) is 17.1. The highest BCUT2D eigenvalue weighted by Crippen LogP contribution is 2.39. The summed E-state index contributed by atoms with van der Waals surface area (Å²) >= 11 is 0. The number of para-hydroxylation sites is 1. The first-order valence-corrected chi connectivity index (χ1v) is 8.34. The topological polar surface area (TPSA) is 32.3 Å². The molecular weight excluding hydrogens is 284 g/mol. The summed E-state index contributed by atoms with van der Waals surface area (Å²) in [6.45, 7) is 6.16. The van der Waals surface area contributed by atoms with Gasteiger partial charge in [-0.05, 0) is 49.6 Å². The molecule has 1 amide bonds. The van der Waals surface area contributed by atoms with Crippen LogP contribution in [0.2, 0.25) is 0 Å². The molecule has 3 rings (SSSR count). The largest absolute Gasteiger partial charge is 0.378 e. The highest BCUT2D eigenvalue weighted by molar-refractivity contribution is 5.95. The summed E-state index contributed by atoms with van der Waals surface area (Å²) in [5.74, 6) is 0.193. The smallest absolute Gasteiger partial charge is 0.226 e. The summed E-state index contributed by atoms with van der Waals surface area (Å²) in [5.41, 5.74) is 4.62. The van der Waals surface area contributed by atoms with Crippen LogP contribution in [0.15, 0.2) is 48.5 Å². The summed E-state index contributed by atoms with van der Waals surface area (Å²) in [5, 5.41) is 3.65. The van der Waals surface area contributed by atoms with Gasteiger partial charge in [0.15, 0.2) is 0 Å². The predicted octanol–water partition coefficient (Wildman–Crippen LogP) is 4.68. The Morgan fingerprint density at radius 3 is 2.74 bits per heavy atom. The number of nitrogens with zero attached hydrogens (tertiary/aromatic N) is 1. The van der Waals surface area contributed by atoms with Gasteiger partial charge in [-0.25, -0.2) is 0 Å². The van der Waals surface area contributed by atoms with Gasteiger partial charge >= 0.3 is 0 Å². The van der Waals surface area contributed by atoms with E-state index in [9.17, 15) is 4.79 Å². The minimum atomic E-state index is 0.193. The molecule has 0 saturated heterocycles. The van der Waals surface area contributed by atoms with Crippen LogP contribution in [0.25, 0.3) is 0 Å². The van der Waals surface area contributed by atoms with Crippen molar-refractivity contribution in [3.05, 3.63) is 59.7 Å². The van der Waals surface area contributed by atoms with Gasteiger partial charge in [0.2, 0.25) is 5.91 Å². The quantitative estimate of drug-likeness (QED) is 0.892. The lowest BCUT2D eigenvalue weighted by atomic mass is 9.91. The van der Waals surface area contributed by atoms with Crippen molar-refractivity contribution in [3.8, 4) is 0 Å². The van der Waals surface area contributed by atoms with E-state index in [4.69, 9.17) is 0 Å². The Bertz CT molecular complexity index is 710. The van der Waals surface area contributed by atoms with Gasteiger partial charge in [0.05, 0.1) is 6.04 Å². The van der Waals surface area contributed by atoms with Crippen molar-refractivity contribution < 1.29 is 4.79 Å². The van der Waals surface area contributed by atoms with Crippen LogP contribution in [-0.4, -0.2) is 11.9 Å². The molecule has 23 heavy (non-hydrogen) atoms. The van der Waals surface area contributed by atoms with Crippen LogP contribution in [0.1, 0.15) is 43.9 Å². The molecule has 1 N–H and O–H groups in total. The maximum absolute atomic E-state index is 12.4. The van der Waals surface area contributed by atoms with Gasteiger partial charge in [0.1, 0.15) is 0 Å². The molecule has 2 unspecified atom stereocenters. The van der Waals surface area contributed by atoms with Crippen molar-refractivity contribution in [2.45, 2.75) is 45.7 Å². The van der Waals surface area contributed by atoms with Crippen molar-refractivity contribution in [2.75, 3.05) is 10.2 Å². The fourth-order valence-corrected chi connectivity index (χ4v) is 3.44. The number of hydrogen-bond acceptors (Lipinski definition) is 2. The van der Waals surface area contributed by atoms with Crippen LogP contribution < -0.4 is 10.2 Å². The van der Waals surface area contributed by atoms with Gasteiger partial charge in [0.25, 0.3) is 0 Å². The second-order valence-corrected chi connectivity index (χ2v) is 6.33. The van der Waals surface area contributed by atoms with Crippen LogP contribution >= 0.6 is 0 Å². The Morgan fingerprint density at radius 1 is 1.22 bits per heavy atom. The van der Waals surface area contributed by atoms with E-state index >= 15 is 0 Å². The van der Waals surface area contributed by atoms with Crippen molar-refractivity contribution in [1.82, 2.24) is 0 Å². The standard InChI is InChI=1S/C20H24N2O/c1-4-20(23)22-15(3)13-18(17-10-5-6-11-19(17)22)21-16-9-7-8-14(2)12-16/h5-12,15,18,21H,4,13H2,1-3H3. The molecule has 3 heteroatoms. The normalized spacial score (nSPS) is 20.0. The molecule has 0 saturated carbocycles. The highest BCUT2D eigenvalue weighted by Gasteiger charge is 2.32. The van der Waals surface area contributed by atoms with Gasteiger partial charge < -0.3 is 10.2 Å². The number of fused-ring (bicyclic) bond motifs is 1. The SMILES string of the molecule is CCC(=O)N1c2ccccc2C(Nc2cccc(C)c2)CC1C. The molecule has 0 spiro atoms. The summed E-state index contributed by atoms with van der Waals surface area (Å²) in [6.07, 6.45) is 1.45. The van der Waals surface area contributed by atoms with E-state index in [1.807, 2.05) is 24.0 Å². The number of hydrogen-bond donors (Lipinski definition) is 1. The fraction of sp³-hybridized carbons (Fsp3) is 0.350. The van der Waals surface area contributed by atoms with Crippen LogP contribution in [0.4, 0.5) is 11.4 Å². The molecular formula is C20H24N2O. The zero-order chi connectivity index (χ0) is 16.4. The Morgan fingerprint density at radius 2 is 2.00 bits per heavy atom. The molecule has 0 aromatic heterocycles. The van der Waals surface area contributed by atoms with E-state index in [0.717, 1.165) is 17.8 Å². The summed E-state index contributed by atoms with van der Waals surface area (Å²) in [7, 11) is 0. The van der Waals surface area contributed by atoms with Crippen molar-refractivity contribution in [3.63, 3.8) is 0 Å².